The number of benzene rings is 1. The van der Waals surface area contributed by atoms with Crippen LogP contribution in [0.5, 0.6) is 0 Å². The van der Waals surface area contributed by atoms with Crippen LogP contribution in [0.25, 0.3) is 0 Å². The van der Waals surface area contributed by atoms with Crippen molar-refractivity contribution in [1.82, 2.24) is 5.09 Å². The van der Waals surface area contributed by atoms with Gasteiger partial charge in [-0.05, 0) is 0 Å². The minimum absolute atomic E-state index is 0.000821. The van der Waals surface area contributed by atoms with Gasteiger partial charge in [-0.3, -0.25) is 5.09 Å². The molecule has 0 saturated carbocycles. The third-order valence-corrected chi connectivity index (χ3v) is 3.54. The third kappa shape index (κ3) is 3.74. The first kappa shape index (κ1) is 12.4. The summed E-state index contributed by atoms with van der Waals surface area (Å²) in [6.07, 6.45) is -0.740. The highest BCUT2D eigenvalue weighted by atomic mass is 31.2. The molecule has 0 aliphatic carbocycles. The Morgan fingerprint density at radius 1 is 1.47 bits per heavy atom. The van der Waals surface area contributed by atoms with E-state index in [-0.39, 0.29) is 18.4 Å². The lowest BCUT2D eigenvalue weighted by Gasteiger charge is -2.25. The average molecular weight is 230 g/mol. The van der Waals surface area contributed by atoms with Gasteiger partial charge in [-0.2, -0.15) is 0 Å². The largest absolute Gasteiger partial charge is 0.784 e. The van der Waals surface area contributed by atoms with Crippen LogP contribution in [-0.2, 0) is 4.57 Å². The van der Waals surface area contributed by atoms with Crippen molar-refractivity contribution in [2.75, 3.05) is 13.1 Å². The molecule has 0 radical (unpaired) electrons. The number of hydrogen-bond donors (Lipinski definition) is 3. The Kier molecular flexibility index (Phi) is 4.45. The summed E-state index contributed by atoms with van der Waals surface area (Å²) in [6.45, 7) is 0.279. The van der Waals surface area contributed by atoms with Crippen molar-refractivity contribution in [1.29, 1.82) is 0 Å². The fraction of sp³-hybridized carbons (Fsp3) is 0.333. The number of rotatable bonds is 5. The van der Waals surface area contributed by atoms with Gasteiger partial charge in [0.05, 0.1) is 0 Å². The number of aliphatic hydroxyl groups excluding tert-OH is 1. The highest BCUT2D eigenvalue weighted by molar-refractivity contribution is 7.62. The highest BCUT2D eigenvalue weighted by Gasteiger charge is 2.12. The Morgan fingerprint density at radius 3 is 2.60 bits per heavy atom. The Balaban J connectivity index is 2.64. The first-order valence-corrected chi connectivity index (χ1v) is 6.28. The van der Waals surface area contributed by atoms with E-state index in [4.69, 9.17) is 0 Å². The lowest BCUT2D eigenvalue weighted by Crippen LogP contribution is -2.57. The molecule has 6 heteroatoms. The zero-order chi connectivity index (χ0) is 11.3. The van der Waals surface area contributed by atoms with Crippen molar-refractivity contribution in [3.8, 4) is 0 Å². The molecule has 84 valence electrons. The lowest BCUT2D eigenvalue weighted by molar-refractivity contribution is -0.382. The van der Waals surface area contributed by atoms with Crippen LogP contribution in [0.2, 0.25) is 0 Å². The van der Waals surface area contributed by atoms with Crippen molar-refractivity contribution in [2.24, 2.45) is 0 Å². The first-order chi connectivity index (χ1) is 7.06. The van der Waals surface area contributed by atoms with Gasteiger partial charge in [0.25, 0.3) is 0 Å². The molecule has 2 atom stereocenters. The van der Waals surface area contributed by atoms with Crippen LogP contribution in [0.3, 0.4) is 0 Å². The van der Waals surface area contributed by atoms with Crippen molar-refractivity contribution in [2.45, 2.75) is 6.10 Å². The average Bonchev–Trinajstić information content (AvgIpc) is 2.27. The molecule has 5 N–H and O–H groups in total. The van der Waals surface area contributed by atoms with Crippen LogP contribution in [0.15, 0.2) is 30.3 Å². The van der Waals surface area contributed by atoms with Crippen LogP contribution in [0.4, 0.5) is 0 Å². The van der Waals surface area contributed by atoms with Gasteiger partial charge in [0.1, 0.15) is 20.2 Å². The van der Waals surface area contributed by atoms with E-state index < -0.39 is 13.6 Å². The van der Waals surface area contributed by atoms with E-state index in [1.807, 2.05) is 0 Å². The second-order valence-corrected chi connectivity index (χ2v) is 5.13. The third-order valence-electron chi connectivity index (χ3n) is 1.96. The summed E-state index contributed by atoms with van der Waals surface area (Å²) in [5.41, 5.74) is 3.48. The van der Waals surface area contributed by atoms with Gasteiger partial charge in [0, 0.05) is 11.8 Å². The predicted octanol–water partition coefficient (Wildman–Crippen LogP) is -1.94. The van der Waals surface area contributed by atoms with Crippen molar-refractivity contribution >= 4 is 12.8 Å². The molecule has 1 aromatic rings. The summed E-state index contributed by atoms with van der Waals surface area (Å²) >= 11 is 0. The molecule has 2 unspecified atom stereocenters. The molecular formula is C9H15N2O3P. The topological polar surface area (TPSA) is 100 Å². The first-order valence-electron chi connectivity index (χ1n) is 4.65. The van der Waals surface area contributed by atoms with E-state index in [1.165, 1.54) is 12.1 Å². The Bertz CT molecular complexity index is 344. The fourth-order valence-electron chi connectivity index (χ4n) is 1.04. The molecule has 0 aliphatic rings. The van der Waals surface area contributed by atoms with Crippen molar-refractivity contribution in [3.05, 3.63) is 30.3 Å². The summed E-state index contributed by atoms with van der Waals surface area (Å²) < 4.78 is 11.6. The predicted molar refractivity (Wildman–Crippen MR) is 55.4 cm³/mol. The molecule has 0 spiro atoms. The smallest absolute Gasteiger partial charge is 0.115 e. The monoisotopic (exact) mass is 230 g/mol. The van der Waals surface area contributed by atoms with Gasteiger partial charge in [0.2, 0.25) is 0 Å². The Labute approximate surface area is 88.4 Å². The molecule has 0 fully saturated rings. The van der Waals surface area contributed by atoms with Crippen LogP contribution >= 0.6 is 7.52 Å². The maximum Gasteiger partial charge on any atom is 0.115 e. The van der Waals surface area contributed by atoms with Crippen LogP contribution < -0.4 is 21.0 Å². The number of nitrogens with one attached hydrogen (secondary N) is 1. The van der Waals surface area contributed by atoms with Gasteiger partial charge < -0.3 is 20.3 Å². The van der Waals surface area contributed by atoms with Gasteiger partial charge in [-0.15, -0.1) is 0 Å². The summed E-state index contributed by atoms with van der Waals surface area (Å²) in [6, 6.07) is 8.07. The molecule has 0 amide bonds. The van der Waals surface area contributed by atoms with E-state index in [1.54, 1.807) is 18.2 Å². The maximum atomic E-state index is 11.6. The molecule has 0 aliphatic heterocycles. The van der Waals surface area contributed by atoms with E-state index in [0.29, 0.717) is 0 Å². The molecule has 0 aromatic heterocycles. The van der Waals surface area contributed by atoms with E-state index >= 15 is 0 Å². The van der Waals surface area contributed by atoms with Crippen LogP contribution in [-0.4, -0.2) is 24.3 Å². The highest BCUT2D eigenvalue weighted by Crippen LogP contribution is 2.27. The van der Waals surface area contributed by atoms with Crippen LogP contribution in [0.1, 0.15) is 0 Å². The summed E-state index contributed by atoms with van der Waals surface area (Å²) in [4.78, 5) is 11.6. The van der Waals surface area contributed by atoms with E-state index in [0.717, 1.165) is 0 Å². The molecule has 1 aromatic carbocycles. The molecular weight excluding hydrogens is 215 g/mol. The van der Waals surface area contributed by atoms with Gasteiger partial charge in [-0.1, -0.05) is 30.3 Å². The van der Waals surface area contributed by atoms with E-state index in [9.17, 15) is 14.6 Å². The molecule has 15 heavy (non-hydrogen) atoms. The minimum Gasteiger partial charge on any atom is -0.784 e. The van der Waals surface area contributed by atoms with Gasteiger partial charge >= 0.3 is 0 Å². The van der Waals surface area contributed by atoms with Crippen molar-refractivity contribution < 1.29 is 20.3 Å². The summed E-state index contributed by atoms with van der Waals surface area (Å²) in [7, 11) is -3.80. The molecule has 0 saturated heterocycles. The van der Waals surface area contributed by atoms with E-state index in [2.05, 4.69) is 10.8 Å². The van der Waals surface area contributed by atoms with Crippen LogP contribution in [0, 0.1) is 0 Å². The zero-order valence-corrected chi connectivity index (χ0v) is 9.19. The Morgan fingerprint density at radius 2 is 2.07 bits per heavy atom. The van der Waals surface area contributed by atoms with Crippen molar-refractivity contribution in [3.63, 3.8) is 0 Å². The maximum absolute atomic E-state index is 11.6. The lowest BCUT2D eigenvalue weighted by atomic mass is 10.4. The molecule has 0 bridgehead atoms. The SMILES string of the molecule is [NH3+]CC(O)CNP(=O)([O-])c1ccccc1. The summed E-state index contributed by atoms with van der Waals surface area (Å²) in [5.74, 6) is 0. The van der Waals surface area contributed by atoms with Gasteiger partial charge in [-0.25, -0.2) is 0 Å². The fourth-order valence-corrected chi connectivity index (χ4v) is 2.24. The quantitative estimate of drug-likeness (QED) is 0.512. The molecule has 5 nitrogen and oxygen atoms in total. The second-order valence-electron chi connectivity index (χ2n) is 3.19. The summed E-state index contributed by atoms with van der Waals surface area (Å²) in [5, 5.41) is 11.7. The number of hydrogen-bond acceptors (Lipinski definition) is 3. The normalized spacial score (nSPS) is 17.0. The molecule has 1 rings (SSSR count). The minimum atomic E-state index is -3.80. The standard InChI is InChI=1S/C9H15N2O3P/c10-6-8(12)7-11-15(13,14)9-4-2-1-3-5-9/h1-5,8,12H,6-7,10H2,(H2,11,13,14). The second kappa shape index (κ2) is 5.39. The number of aliphatic hydroxyl groups is 1. The molecule has 0 heterocycles. The van der Waals surface area contributed by atoms with Gasteiger partial charge in [0.15, 0.2) is 0 Å². The number of quaternary nitrogens is 1. The zero-order valence-electron chi connectivity index (χ0n) is 8.30. The Hall–Kier alpha value is -0.710.